The SMILES string of the molecule is Cc1ccc(S(=O)(=O)N2C[C@H]3C[C@@H]2CO3)cc1. The monoisotopic (exact) mass is 253 g/mol. The van der Waals surface area contributed by atoms with Crippen molar-refractivity contribution in [1.29, 1.82) is 0 Å². The highest BCUT2D eigenvalue weighted by Gasteiger charge is 2.45. The molecule has 0 radical (unpaired) electrons. The van der Waals surface area contributed by atoms with Crippen molar-refractivity contribution in [3.63, 3.8) is 0 Å². The Labute approximate surface area is 101 Å². The molecule has 2 aliphatic heterocycles. The van der Waals surface area contributed by atoms with E-state index in [0.29, 0.717) is 18.0 Å². The standard InChI is InChI=1S/C12H15NO3S/c1-9-2-4-12(5-3-9)17(14,15)13-7-11-6-10(13)8-16-11/h2-5,10-11H,6-8H2,1H3/t10-,11-/m1/s1. The van der Waals surface area contributed by atoms with Gasteiger partial charge in [0.25, 0.3) is 0 Å². The summed E-state index contributed by atoms with van der Waals surface area (Å²) in [6.07, 6.45) is 0.936. The Balaban J connectivity index is 1.93. The molecule has 0 N–H and O–H groups in total. The Morgan fingerprint density at radius 3 is 2.53 bits per heavy atom. The van der Waals surface area contributed by atoms with Crippen LogP contribution >= 0.6 is 0 Å². The zero-order valence-corrected chi connectivity index (χ0v) is 10.5. The molecule has 17 heavy (non-hydrogen) atoms. The molecule has 2 saturated heterocycles. The first-order chi connectivity index (χ1) is 8.07. The molecule has 1 aromatic rings. The molecule has 92 valence electrons. The lowest BCUT2D eigenvalue weighted by molar-refractivity contribution is 0.0608. The number of benzene rings is 1. The summed E-state index contributed by atoms with van der Waals surface area (Å²) in [6.45, 7) is 2.98. The topological polar surface area (TPSA) is 46.6 Å². The van der Waals surface area contributed by atoms with Crippen molar-refractivity contribution in [2.24, 2.45) is 0 Å². The highest BCUT2D eigenvalue weighted by molar-refractivity contribution is 7.89. The first kappa shape index (κ1) is 11.2. The predicted octanol–water partition coefficient (Wildman–Crippen LogP) is 1.16. The van der Waals surface area contributed by atoms with Crippen LogP contribution in [0.15, 0.2) is 29.2 Å². The maximum atomic E-state index is 12.4. The highest BCUT2D eigenvalue weighted by atomic mass is 32.2. The van der Waals surface area contributed by atoms with E-state index < -0.39 is 10.0 Å². The molecule has 2 atom stereocenters. The fourth-order valence-corrected chi connectivity index (χ4v) is 4.16. The molecule has 1 aromatic carbocycles. The summed E-state index contributed by atoms with van der Waals surface area (Å²) in [5.74, 6) is 0. The van der Waals surface area contributed by atoms with E-state index in [2.05, 4.69) is 0 Å². The Kier molecular flexibility index (Phi) is 2.50. The van der Waals surface area contributed by atoms with Crippen LogP contribution in [0.3, 0.4) is 0 Å². The molecule has 0 saturated carbocycles. The maximum absolute atomic E-state index is 12.4. The third-order valence-electron chi connectivity index (χ3n) is 3.48. The highest BCUT2D eigenvalue weighted by Crippen LogP contribution is 2.32. The van der Waals surface area contributed by atoms with Gasteiger partial charge in [0.05, 0.1) is 23.6 Å². The first-order valence-electron chi connectivity index (χ1n) is 5.77. The molecular formula is C12H15NO3S. The van der Waals surface area contributed by atoms with Crippen molar-refractivity contribution in [3.8, 4) is 0 Å². The van der Waals surface area contributed by atoms with Gasteiger partial charge in [-0.1, -0.05) is 17.7 Å². The van der Waals surface area contributed by atoms with Gasteiger partial charge in [-0.05, 0) is 25.5 Å². The van der Waals surface area contributed by atoms with Crippen LogP contribution in [0.4, 0.5) is 0 Å². The number of aryl methyl sites for hydroxylation is 1. The number of hydrogen-bond donors (Lipinski definition) is 0. The zero-order chi connectivity index (χ0) is 12.0. The molecule has 2 aliphatic rings. The minimum Gasteiger partial charge on any atom is -0.375 e. The van der Waals surface area contributed by atoms with E-state index in [-0.39, 0.29) is 12.1 Å². The van der Waals surface area contributed by atoms with Gasteiger partial charge in [-0.25, -0.2) is 8.42 Å². The summed E-state index contributed by atoms with van der Waals surface area (Å²) in [5.41, 5.74) is 1.07. The molecule has 5 heteroatoms. The van der Waals surface area contributed by atoms with Crippen LogP contribution in [0.25, 0.3) is 0 Å². The van der Waals surface area contributed by atoms with Crippen LogP contribution in [0.5, 0.6) is 0 Å². The van der Waals surface area contributed by atoms with Gasteiger partial charge in [0, 0.05) is 6.54 Å². The fourth-order valence-electron chi connectivity index (χ4n) is 2.50. The minimum absolute atomic E-state index is 0.0336. The maximum Gasteiger partial charge on any atom is 0.243 e. The van der Waals surface area contributed by atoms with Gasteiger partial charge in [-0.3, -0.25) is 0 Å². The van der Waals surface area contributed by atoms with Crippen LogP contribution in [-0.4, -0.2) is 38.0 Å². The van der Waals surface area contributed by atoms with E-state index in [9.17, 15) is 8.42 Å². The summed E-state index contributed by atoms with van der Waals surface area (Å²) in [5, 5.41) is 0. The number of hydrogen-bond acceptors (Lipinski definition) is 3. The number of ether oxygens (including phenoxy) is 1. The third-order valence-corrected chi connectivity index (χ3v) is 5.41. The summed E-state index contributed by atoms with van der Waals surface area (Å²) in [6, 6.07) is 7.05. The Morgan fingerprint density at radius 1 is 1.29 bits per heavy atom. The first-order valence-corrected chi connectivity index (χ1v) is 7.21. The number of rotatable bonds is 2. The molecule has 0 aliphatic carbocycles. The molecule has 2 bridgehead atoms. The molecule has 3 rings (SSSR count). The largest absolute Gasteiger partial charge is 0.375 e. The van der Waals surface area contributed by atoms with Crippen molar-refractivity contribution in [2.45, 2.75) is 30.4 Å². The van der Waals surface area contributed by atoms with Gasteiger partial charge in [-0.2, -0.15) is 4.31 Å². The Hall–Kier alpha value is -0.910. The van der Waals surface area contributed by atoms with E-state index in [1.165, 1.54) is 0 Å². The van der Waals surface area contributed by atoms with E-state index >= 15 is 0 Å². The molecule has 0 aromatic heterocycles. The zero-order valence-electron chi connectivity index (χ0n) is 9.67. The molecule has 2 heterocycles. The van der Waals surface area contributed by atoms with Crippen molar-refractivity contribution >= 4 is 10.0 Å². The van der Waals surface area contributed by atoms with Gasteiger partial charge < -0.3 is 4.74 Å². The molecule has 0 unspecified atom stereocenters. The summed E-state index contributed by atoms with van der Waals surface area (Å²) in [7, 11) is -3.33. The van der Waals surface area contributed by atoms with Crippen molar-refractivity contribution in [3.05, 3.63) is 29.8 Å². The molecule has 0 amide bonds. The summed E-state index contributed by atoms with van der Waals surface area (Å²) in [4.78, 5) is 0.385. The van der Waals surface area contributed by atoms with Crippen molar-refractivity contribution in [2.75, 3.05) is 13.2 Å². The van der Waals surface area contributed by atoms with Gasteiger partial charge in [-0.15, -0.1) is 0 Å². The van der Waals surface area contributed by atoms with Crippen LogP contribution in [0, 0.1) is 6.92 Å². The van der Waals surface area contributed by atoms with Gasteiger partial charge in [0.15, 0.2) is 0 Å². The summed E-state index contributed by atoms with van der Waals surface area (Å²) >= 11 is 0. The van der Waals surface area contributed by atoms with Crippen LogP contribution in [0.2, 0.25) is 0 Å². The lowest BCUT2D eigenvalue weighted by Gasteiger charge is -2.26. The number of fused-ring (bicyclic) bond motifs is 2. The average Bonchev–Trinajstić information content (AvgIpc) is 2.91. The molecule has 4 nitrogen and oxygen atoms in total. The lowest BCUT2D eigenvalue weighted by Crippen LogP contribution is -2.41. The van der Waals surface area contributed by atoms with Crippen LogP contribution in [-0.2, 0) is 14.8 Å². The van der Waals surface area contributed by atoms with Crippen molar-refractivity contribution < 1.29 is 13.2 Å². The smallest absolute Gasteiger partial charge is 0.243 e. The van der Waals surface area contributed by atoms with Crippen molar-refractivity contribution in [1.82, 2.24) is 4.31 Å². The second kappa shape index (κ2) is 3.80. The van der Waals surface area contributed by atoms with E-state index in [1.54, 1.807) is 16.4 Å². The quantitative estimate of drug-likeness (QED) is 0.794. The minimum atomic E-state index is -3.33. The number of sulfonamides is 1. The van der Waals surface area contributed by atoms with Gasteiger partial charge in [0.1, 0.15) is 0 Å². The second-order valence-corrected chi connectivity index (χ2v) is 6.62. The fraction of sp³-hybridized carbons (Fsp3) is 0.500. The molecular weight excluding hydrogens is 238 g/mol. The van der Waals surface area contributed by atoms with Gasteiger partial charge in [0.2, 0.25) is 10.0 Å². The van der Waals surface area contributed by atoms with E-state index in [0.717, 1.165) is 12.0 Å². The van der Waals surface area contributed by atoms with Gasteiger partial charge >= 0.3 is 0 Å². The van der Waals surface area contributed by atoms with Crippen LogP contribution < -0.4 is 0 Å². The summed E-state index contributed by atoms with van der Waals surface area (Å²) < 4.78 is 31.8. The van der Waals surface area contributed by atoms with E-state index in [4.69, 9.17) is 4.74 Å². The number of morpholine rings is 1. The second-order valence-electron chi connectivity index (χ2n) is 4.73. The van der Waals surface area contributed by atoms with E-state index in [1.807, 2.05) is 19.1 Å². The molecule has 0 spiro atoms. The normalized spacial score (nSPS) is 28.8. The lowest BCUT2D eigenvalue weighted by atomic mass is 10.2. The average molecular weight is 253 g/mol. The molecule has 2 fully saturated rings. The van der Waals surface area contributed by atoms with Crippen LogP contribution in [0.1, 0.15) is 12.0 Å². The predicted molar refractivity (Wildman–Crippen MR) is 63.2 cm³/mol. The third kappa shape index (κ3) is 1.78. The Bertz CT molecular complexity index is 523. The Morgan fingerprint density at radius 2 is 2.00 bits per heavy atom. The number of nitrogens with zero attached hydrogens (tertiary/aromatic N) is 1.